The van der Waals surface area contributed by atoms with E-state index in [9.17, 15) is 0 Å². The molecule has 0 aliphatic rings. The van der Waals surface area contributed by atoms with E-state index < -0.39 is 0 Å². The summed E-state index contributed by atoms with van der Waals surface area (Å²) in [5, 5.41) is 8.01. The Labute approximate surface area is 129 Å². The highest BCUT2D eigenvalue weighted by Crippen LogP contribution is 2.20. The van der Waals surface area contributed by atoms with Crippen molar-refractivity contribution in [2.24, 2.45) is 0 Å². The maximum Gasteiger partial charge on any atom is 0.137 e. The van der Waals surface area contributed by atoms with Gasteiger partial charge in [0.25, 0.3) is 0 Å². The Morgan fingerprint density at radius 1 is 1.27 bits per heavy atom. The van der Waals surface area contributed by atoms with Crippen molar-refractivity contribution in [1.82, 2.24) is 19.2 Å². The number of hydrogen-bond acceptors (Lipinski definition) is 4. The molecule has 0 radical (unpaired) electrons. The van der Waals surface area contributed by atoms with Gasteiger partial charge in [0, 0.05) is 19.5 Å². The van der Waals surface area contributed by atoms with Gasteiger partial charge in [0.1, 0.15) is 5.65 Å². The predicted octanol–water partition coefficient (Wildman–Crippen LogP) is 2.41. The van der Waals surface area contributed by atoms with Crippen LogP contribution in [0.5, 0.6) is 0 Å². The zero-order valence-corrected chi connectivity index (χ0v) is 13.2. The lowest BCUT2D eigenvalue weighted by molar-refractivity contribution is 0.182. The number of ether oxygens (including phenoxy) is 1. The molecule has 0 atom stereocenters. The van der Waals surface area contributed by atoms with Crippen LogP contribution in [0.25, 0.3) is 5.65 Å². The third kappa shape index (κ3) is 2.82. The zero-order valence-electron chi connectivity index (χ0n) is 13.2. The number of imidazole rings is 1. The number of fused-ring (bicyclic) bond motifs is 1. The Bertz CT molecular complexity index is 741. The molecule has 0 aliphatic heterocycles. The SMILES string of the molecule is COCCn1nc(C)c(NCc2cn3ccccc3n2)c1C. The molecule has 0 saturated heterocycles. The van der Waals surface area contributed by atoms with Crippen LogP contribution in [-0.4, -0.2) is 32.9 Å². The lowest BCUT2D eigenvalue weighted by Crippen LogP contribution is -2.08. The summed E-state index contributed by atoms with van der Waals surface area (Å²) in [6.07, 6.45) is 4.05. The number of anilines is 1. The number of nitrogens with one attached hydrogen (secondary N) is 1. The third-order valence-corrected chi connectivity index (χ3v) is 3.75. The van der Waals surface area contributed by atoms with Gasteiger partial charge in [-0.25, -0.2) is 4.98 Å². The van der Waals surface area contributed by atoms with E-state index in [2.05, 4.69) is 22.3 Å². The number of aromatic nitrogens is 4. The molecule has 1 N–H and O–H groups in total. The number of nitrogens with zero attached hydrogens (tertiary/aromatic N) is 4. The van der Waals surface area contributed by atoms with Crippen LogP contribution in [0.2, 0.25) is 0 Å². The predicted molar refractivity (Wildman–Crippen MR) is 86.1 cm³/mol. The van der Waals surface area contributed by atoms with Gasteiger partial charge in [-0.3, -0.25) is 4.68 Å². The molecule has 116 valence electrons. The van der Waals surface area contributed by atoms with E-state index >= 15 is 0 Å². The van der Waals surface area contributed by atoms with Gasteiger partial charge >= 0.3 is 0 Å². The van der Waals surface area contributed by atoms with Gasteiger partial charge in [0.2, 0.25) is 0 Å². The van der Waals surface area contributed by atoms with E-state index in [1.54, 1.807) is 7.11 Å². The third-order valence-electron chi connectivity index (χ3n) is 3.75. The lowest BCUT2D eigenvalue weighted by atomic mass is 10.3. The molecule has 3 aromatic rings. The molecule has 3 rings (SSSR count). The van der Waals surface area contributed by atoms with Crippen LogP contribution in [0.1, 0.15) is 17.1 Å². The van der Waals surface area contributed by atoms with Crippen LogP contribution in [0.15, 0.2) is 30.6 Å². The molecular formula is C16H21N5O. The molecule has 0 aromatic carbocycles. The highest BCUT2D eigenvalue weighted by molar-refractivity contribution is 5.52. The van der Waals surface area contributed by atoms with Crippen molar-refractivity contribution in [1.29, 1.82) is 0 Å². The van der Waals surface area contributed by atoms with E-state index in [1.165, 1.54) is 0 Å². The highest BCUT2D eigenvalue weighted by Gasteiger charge is 2.11. The maximum atomic E-state index is 5.12. The number of methoxy groups -OCH3 is 1. The molecule has 0 fully saturated rings. The quantitative estimate of drug-likeness (QED) is 0.759. The Morgan fingerprint density at radius 3 is 2.91 bits per heavy atom. The molecular weight excluding hydrogens is 278 g/mol. The van der Waals surface area contributed by atoms with Crippen LogP contribution < -0.4 is 5.32 Å². The summed E-state index contributed by atoms with van der Waals surface area (Å²) in [4.78, 5) is 4.60. The first kappa shape index (κ1) is 14.6. The molecule has 3 aromatic heterocycles. The van der Waals surface area contributed by atoms with Crippen molar-refractivity contribution in [3.05, 3.63) is 47.7 Å². The van der Waals surface area contributed by atoms with Gasteiger partial charge in [0.05, 0.1) is 42.5 Å². The van der Waals surface area contributed by atoms with E-state index in [0.29, 0.717) is 13.2 Å². The van der Waals surface area contributed by atoms with Crippen molar-refractivity contribution >= 4 is 11.3 Å². The minimum absolute atomic E-state index is 0.661. The minimum atomic E-state index is 0.661. The van der Waals surface area contributed by atoms with Gasteiger partial charge < -0.3 is 14.5 Å². The summed E-state index contributed by atoms with van der Waals surface area (Å²) in [5.41, 5.74) is 5.17. The maximum absolute atomic E-state index is 5.12. The summed E-state index contributed by atoms with van der Waals surface area (Å²) in [6, 6.07) is 6.00. The summed E-state index contributed by atoms with van der Waals surface area (Å²) >= 11 is 0. The molecule has 22 heavy (non-hydrogen) atoms. The van der Waals surface area contributed by atoms with E-state index in [1.807, 2.05) is 46.6 Å². The summed E-state index contributed by atoms with van der Waals surface area (Å²) in [5.74, 6) is 0. The minimum Gasteiger partial charge on any atom is -0.383 e. The fraction of sp³-hybridized carbons (Fsp3) is 0.375. The average molecular weight is 299 g/mol. The molecule has 0 bridgehead atoms. The second-order valence-corrected chi connectivity index (χ2v) is 5.31. The van der Waals surface area contributed by atoms with Crippen LogP contribution in [0.3, 0.4) is 0 Å². The van der Waals surface area contributed by atoms with Crippen molar-refractivity contribution < 1.29 is 4.74 Å². The molecule has 0 saturated carbocycles. The summed E-state index contributed by atoms with van der Waals surface area (Å²) in [6.45, 7) is 6.19. The Hall–Kier alpha value is -2.34. The number of hydrogen-bond donors (Lipinski definition) is 1. The Balaban J connectivity index is 1.74. The van der Waals surface area contributed by atoms with Crippen LogP contribution in [0.4, 0.5) is 5.69 Å². The molecule has 6 nitrogen and oxygen atoms in total. The molecule has 0 amide bonds. The van der Waals surface area contributed by atoms with E-state index in [4.69, 9.17) is 4.74 Å². The smallest absolute Gasteiger partial charge is 0.137 e. The van der Waals surface area contributed by atoms with Gasteiger partial charge in [-0.1, -0.05) is 6.07 Å². The second kappa shape index (κ2) is 6.19. The molecule has 0 spiro atoms. The van der Waals surface area contributed by atoms with Gasteiger partial charge in [0.15, 0.2) is 0 Å². The van der Waals surface area contributed by atoms with Crippen molar-refractivity contribution in [2.45, 2.75) is 26.9 Å². The average Bonchev–Trinajstić information content (AvgIpc) is 3.04. The summed E-state index contributed by atoms with van der Waals surface area (Å²) in [7, 11) is 1.70. The van der Waals surface area contributed by atoms with Crippen molar-refractivity contribution in [3.63, 3.8) is 0 Å². The topological polar surface area (TPSA) is 56.4 Å². The molecule has 3 heterocycles. The van der Waals surface area contributed by atoms with Gasteiger partial charge in [-0.2, -0.15) is 5.10 Å². The fourth-order valence-corrected chi connectivity index (χ4v) is 2.60. The van der Waals surface area contributed by atoms with E-state index in [0.717, 1.165) is 35.0 Å². The summed E-state index contributed by atoms with van der Waals surface area (Å²) < 4.78 is 9.12. The molecule has 0 unspecified atom stereocenters. The largest absolute Gasteiger partial charge is 0.383 e. The van der Waals surface area contributed by atoms with Crippen molar-refractivity contribution in [2.75, 3.05) is 19.0 Å². The normalized spacial score (nSPS) is 11.2. The number of rotatable bonds is 6. The van der Waals surface area contributed by atoms with Crippen LogP contribution in [-0.2, 0) is 17.8 Å². The zero-order chi connectivity index (χ0) is 15.5. The molecule has 0 aliphatic carbocycles. The second-order valence-electron chi connectivity index (χ2n) is 5.31. The first-order chi connectivity index (χ1) is 10.7. The van der Waals surface area contributed by atoms with Gasteiger partial charge in [-0.15, -0.1) is 0 Å². The van der Waals surface area contributed by atoms with Crippen molar-refractivity contribution in [3.8, 4) is 0 Å². The lowest BCUT2D eigenvalue weighted by Gasteiger charge is -2.06. The first-order valence-corrected chi connectivity index (χ1v) is 7.38. The monoisotopic (exact) mass is 299 g/mol. The number of pyridine rings is 1. The van der Waals surface area contributed by atoms with Crippen LogP contribution in [0, 0.1) is 13.8 Å². The standard InChI is InChI=1S/C16H21N5O/c1-12-16(13(2)21(19-12)8-9-22-3)17-10-14-11-20-7-5-4-6-15(20)18-14/h4-7,11,17H,8-10H2,1-3H3. The van der Waals surface area contributed by atoms with E-state index in [-0.39, 0.29) is 0 Å². The molecule has 6 heteroatoms. The Morgan fingerprint density at radius 2 is 2.14 bits per heavy atom. The highest BCUT2D eigenvalue weighted by atomic mass is 16.5. The fourth-order valence-electron chi connectivity index (χ4n) is 2.60. The Kier molecular flexibility index (Phi) is 4.11. The first-order valence-electron chi connectivity index (χ1n) is 7.38. The van der Waals surface area contributed by atoms with Crippen LogP contribution >= 0.6 is 0 Å². The van der Waals surface area contributed by atoms with Gasteiger partial charge in [-0.05, 0) is 26.0 Å². The number of aryl methyl sites for hydroxylation is 1.